The third-order valence-electron chi connectivity index (χ3n) is 2.56. The van der Waals surface area contributed by atoms with E-state index in [2.05, 4.69) is 0 Å². The van der Waals surface area contributed by atoms with Crippen molar-refractivity contribution in [3.63, 3.8) is 0 Å². The highest BCUT2D eigenvalue weighted by Gasteiger charge is 2.30. The average Bonchev–Trinajstić information content (AvgIpc) is 2.36. The lowest BCUT2D eigenvalue weighted by molar-refractivity contribution is -0.120. The van der Waals surface area contributed by atoms with Crippen LogP contribution in [-0.2, 0) is 26.2 Å². The van der Waals surface area contributed by atoms with Gasteiger partial charge in [-0.15, -0.1) is 0 Å². The van der Waals surface area contributed by atoms with Crippen molar-refractivity contribution in [2.75, 3.05) is 13.1 Å². The van der Waals surface area contributed by atoms with Gasteiger partial charge >= 0.3 is 0 Å². The normalized spacial score (nSPS) is 11.6. The van der Waals surface area contributed by atoms with Crippen molar-refractivity contribution < 1.29 is 22.4 Å². The summed E-state index contributed by atoms with van der Waals surface area (Å²) in [5, 5.41) is 0. The van der Waals surface area contributed by atoms with Crippen LogP contribution in [0, 0.1) is 5.82 Å². The SMILES string of the molecule is NCc1c(F)cccc1S(=O)(=O)N(CC(N)=O)CC(N)=O. The number of sulfonamides is 1. The van der Waals surface area contributed by atoms with Gasteiger partial charge in [0.15, 0.2) is 0 Å². The van der Waals surface area contributed by atoms with E-state index in [4.69, 9.17) is 17.2 Å². The van der Waals surface area contributed by atoms with Crippen LogP contribution in [-0.4, -0.2) is 37.6 Å². The van der Waals surface area contributed by atoms with Gasteiger partial charge in [-0.05, 0) is 12.1 Å². The van der Waals surface area contributed by atoms with E-state index in [1.807, 2.05) is 0 Å². The Kier molecular flexibility index (Phi) is 5.35. The number of nitrogens with two attached hydrogens (primary N) is 3. The number of rotatable bonds is 7. The quantitative estimate of drug-likeness (QED) is 0.544. The van der Waals surface area contributed by atoms with Gasteiger partial charge in [-0.2, -0.15) is 4.31 Å². The summed E-state index contributed by atoms with van der Waals surface area (Å²) in [5.41, 5.74) is 15.0. The molecular weight excluding hydrogens is 303 g/mol. The minimum Gasteiger partial charge on any atom is -0.369 e. The average molecular weight is 318 g/mol. The van der Waals surface area contributed by atoms with Crippen LogP contribution in [0.2, 0.25) is 0 Å². The number of primary amides is 2. The molecule has 0 aromatic heterocycles. The molecule has 0 atom stereocenters. The third-order valence-corrected chi connectivity index (χ3v) is 4.44. The van der Waals surface area contributed by atoms with Gasteiger partial charge in [0.1, 0.15) is 5.82 Å². The molecule has 1 rings (SSSR count). The first-order valence-electron chi connectivity index (χ1n) is 5.74. The van der Waals surface area contributed by atoms with Gasteiger partial charge in [0.2, 0.25) is 21.8 Å². The lowest BCUT2D eigenvalue weighted by Crippen LogP contribution is -2.43. The maximum absolute atomic E-state index is 13.6. The van der Waals surface area contributed by atoms with Crippen LogP contribution >= 0.6 is 0 Å². The Hall–Kier alpha value is -2.04. The summed E-state index contributed by atoms with van der Waals surface area (Å²) >= 11 is 0. The highest BCUT2D eigenvalue weighted by molar-refractivity contribution is 7.89. The molecule has 10 heteroatoms. The van der Waals surface area contributed by atoms with Crippen LogP contribution in [0.1, 0.15) is 5.56 Å². The van der Waals surface area contributed by atoms with Crippen molar-refractivity contribution in [1.29, 1.82) is 0 Å². The molecule has 1 aromatic rings. The van der Waals surface area contributed by atoms with E-state index in [1.54, 1.807) is 0 Å². The van der Waals surface area contributed by atoms with Crippen LogP contribution in [0.25, 0.3) is 0 Å². The summed E-state index contributed by atoms with van der Waals surface area (Å²) in [7, 11) is -4.34. The zero-order chi connectivity index (χ0) is 16.2. The molecule has 6 N–H and O–H groups in total. The molecular formula is C11H15FN4O4S. The van der Waals surface area contributed by atoms with E-state index < -0.39 is 45.6 Å². The molecule has 0 bridgehead atoms. The summed E-state index contributed by atoms with van der Waals surface area (Å²) in [6, 6.07) is 3.34. The fraction of sp³-hybridized carbons (Fsp3) is 0.273. The fourth-order valence-corrected chi connectivity index (χ4v) is 3.31. The summed E-state index contributed by atoms with van der Waals surface area (Å²) in [5.74, 6) is -2.77. The molecule has 116 valence electrons. The number of carbonyl (C=O) groups excluding carboxylic acids is 2. The number of benzene rings is 1. The number of hydrogen-bond donors (Lipinski definition) is 3. The first kappa shape index (κ1) is 17.0. The maximum atomic E-state index is 13.6. The van der Waals surface area contributed by atoms with E-state index >= 15 is 0 Å². The molecule has 0 aliphatic carbocycles. The largest absolute Gasteiger partial charge is 0.369 e. The molecule has 0 aliphatic heterocycles. The highest BCUT2D eigenvalue weighted by atomic mass is 32.2. The van der Waals surface area contributed by atoms with Gasteiger partial charge in [0, 0.05) is 12.1 Å². The number of nitrogens with zero attached hydrogens (tertiary/aromatic N) is 1. The van der Waals surface area contributed by atoms with Crippen LogP contribution < -0.4 is 17.2 Å². The van der Waals surface area contributed by atoms with Crippen LogP contribution in [0.4, 0.5) is 4.39 Å². The molecule has 0 unspecified atom stereocenters. The monoisotopic (exact) mass is 318 g/mol. The Labute approximate surface area is 120 Å². The van der Waals surface area contributed by atoms with Gasteiger partial charge in [-0.1, -0.05) is 6.07 Å². The number of halogens is 1. The summed E-state index contributed by atoms with van der Waals surface area (Å²) < 4.78 is 38.9. The Bertz CT molecular complexity index is 646. The second-order valence-electron chi connectivity index (χ2n) is 4.13. The highest BCUT2D eigenvalue weighted by Crippen LogP contribution is 2.22. The second-order valence-corrected chi connectivity index (χ2v) is 6.03. The molecule has 0 heterocycles. The Morgan fingerprint density at radius 1 is 1.14 bits per heavy atom. The maximum Gasteiger partial charge on any atom is 0.244 e. The van der Waals surface area contributed by atoms with Crippen molar-refractivity contribution in [3.8, 4) is 0 Å². The molecule has 0 saturated carbocycles. The topological polar surface area (TPSA) is 150 Å². The summed E-state index contributed by atoms with van der Waals surface area (Å²) in [4.78, 5) is 21.5. The van der Waals surface area contributed by atoms with Crippen molar-refractivity contribution in [2.24, 2.45) is 17.2 Å². The molecule has 0 fully saturated rings. The molecule has 0 saturated heterocycles. The molecule has 1 aromatic carbocycles. The smallest absolute Gasteiger partial charge is 0.244 e. The molecule has 0 radical (unpaired) electrons. The van der Waals surface area contributed by atoms with Crippen molar-refractivity contribution in [1.82, 2.24) is 4.31 Å². The molecule has 21 heavy (non-hydrogen) atoms. The van der Waals surface area contributed by atoms with Gasteiger partial charge in [0.05, 0.1) is 18.0 Å². The van der Waals surface area contributed by atoms with Crippen LogP contribution in [0.15, 0.2) is 23.1 Å². The minimum atomic E-state index is -4.34. The first-order valence-corrected chi connectivity index (χ1v) is 7.18. The number of carbonyl (C=O) groups is 2. The third kappa shape index (κ3) is 3.97. The standard InChI is InChI=1S/C11H15FN4O4S/c12-8-2-1-3-9(7(8)4-13)21(19,20)16(5-10(14)17)6-11(15)18/h1-3H,4-6,13H2,(H2,14,17)(H2,15,18). The Morgan fingerprint density at radius 2 is 1.67 bits per heavy atom. The zero-order valence-electron chi connectivity index (χ0n) is 11.0. The van der Waals surface area contributed by atoms with E-state index in [0.717, 1.165) is 12.1 Å². The van der Waals surface area contributed by atoms with Gasteiger partial charge in [-0.3, -0.25) is 9.59 Å². The Balaban J connectivity index is 3.38. The van der Waals surface area contributed by atoms with Crippen LogP contribution in [0.3, 0.4) is 0 Å². The summed E-state index contributed by atoms with van der Waals surface area (Å²) in [6.07, 6.45) is 0. The second kappa shape index (κ2) is 6.61. The summed E-state index contributed by atoms with van der Waals surface area (Å²) in [6.45, 7) is -1.89. The van der Waals surface area contributed by atoms with Gasteiger partial charge in [-0.25, -0.2) is 12.8 Å². The zero-order valence-corrected chi connectivity index (χ0v) is 11.8. The minimum absolute atomic E-state index is 0.253. The molecule has 0 spiro atoms. The van der Waals surface area contributed by atoms with E-state index in [-0.39, 0.29) is 12.1 Å². The predicted molar refractivity (Wildman–Crippen MR) is 71.4 cm³/mol. The molecule has 8 nitrogen and oxygen atoms in total. The molecule has 2 amide bonds. The van der Waals surface area contributed by atoms with Gasteiger partial charge in [0.25, 0.3) is 0 Å². The lowest BCUT2D eigenvalue weighted by Gasteiger charge is -2.20. The van der Waals surface area contributed by atoms with Crippen molar-refractivity contribution in [3.05, 3.63) is 29.6 Å². The Morgan fingerprint density at radius 3 is 2.10 bits per heavy atom. The first-order chi connectivity index (χ1) is 9.70. The van der Waals surface area contributed by atoms with Crippen molar-refractivity contribution in [2.45, 2.75) is 11.4 Å². The van der Waals surface area contributed by atoms with Crippen LogP contribution in [0.5, 0.6) is 0 Å². The molecule has 0 aliphatic rings. The van der Waals surface area contributed by atoms with E-state index in [1.165, 1.54) is 6.07 Å². The predicted octanol–water partition coefficient (Wildman–Crippen LogP) is -1.75. The van der Waals surface area contributed by atoms with E-state index in [0.29, 0.717) is 4.31 Å². The van der Waals surface area contributed by atoms with Gasteiger partial charge < -0.3 is 17.2 Å². The fourth-order valence-electron chi connectivity index (χ4n) is 1.69. The number of hydrogen-bond acceptors (Lipinski definition) is 5. The number of amides is 2. The van der Waals surface area contributed by atoms with Crippen molar-refractivity contribution >= 4 is 21.8 Å². The lowest BCUT2D eigenvalue weighted by atomic mass is 10.2. The van der Waals surface area contributed by atoms with E-state index in [9.17, 15) is 22.4 Å².